The maximum absolute atomic E-state index is 4.44. The van der Waals surface area contributed by atoms with Gasteiger partial charge in [-0.1, -0.05) is 6.07 Å². The van der Waals surface area contributed by atoms with Crippen LogP contribution in [0.15, 0.2) is 30.3 Å². The third-order valence-electron chi connectivity index (χ3n) is 4.96. The molecular formula is C19H24N6. The minimum absolute atomic E-state index is 0.633. The SMILES string of the molecule is Cc1nc2ccc(-c3ccc(CN(C)C4CCNCC4)nn3)cc2[nH]1. The largest absolute Gasteiger partial charge is 0.342 e. The first kappa shape index (κ1) is 16.2. The number of rotatable bonds is 4. The second-order valence-corrected chi connectivity index (χ2v) is 6.86. The van der Waals surface area contributed by atoms with E-state index in [1.54, 1.807) is 0 Å². The average Bonchev–Trinajstić information content (AvgIpc) is 3.02. The lowest BCUT2D eigenvalue weighted by molar-refractivity contribution is 0.189. The number of aromatic amines is 1. The van der Waals surface area contributed by atoms with E-state index in [0.29, 0.717) is 6.04 Å². The molecular weight excluding hydrogens is 312 g/mol. The molecule has 0 spiro atoms. The van der Waals surface area contributed by atoms with Gasteiger partial charge in [-0.3, -0.25) is 4.90 Å². The van der Waals surface area contributed by atoms with E-state index in [2.05, 4.69) is 55.6 Å². The lowest BCUT2D eigenvalue weighted by Gasteiger charge is -2.31. The number of aryl methyl sites for hydroxylation is 1. The molecule has 130 valence electrons. The third-order valence-corrected chi connectivity index (χ3v) is 4.96. The summed E-state index contributed by atoms with van der Waals surface area (Å²) in [6.45, 7) is 5.02. The topological polar surface area (TPSA) is 69.7 Å². The van der Waals surface area contributed by atoms with Gasteiger partial charge in [0.2, 0.25) is 0 Å². The Morgan fingerprint density at radius 2 is 1.96 bits per heavy atom. The number of benzene rings is 1. The second-order valence-electron chi connectivity index (χ2n) is 6.86. The molecule has 3 heterocycles. The van der Waals surface area contributed by atoms with Crippen molar-refractivity contribution in [2.75, 3.05) is 20.1 Å². The van der Waals surface area contributed by atoms with Crippen LogP contribution in [-0.4, -0.2) is 51.2 Å². The number of hydrogen-bond donors (Lipinski definition) is 2. The van der Waals surface area contributed by atoms with Crippen molar-refractivity contribution in [3.8, 4) is 11.3 Å². The molecule has 3 aromatic rings. The zero-order chi connectivity index (χ0) is 17.2. The van der Waals surface area contributed by atoms with Gasteiger partial charge >= 0.3 is 0 Å². The lowest BCUT2D eigenvalue weighted by Crippen LogP contribution is -2.40. The highest BCUT2D eigenvalue weighted by atomic mass is 15.2. The molecule has 4 rings (SSSR count). The van der Waals surface area contributed by atoms with E-state index in [0.717, 1.165) is 53.4 Å². The number of H-pyrrole nitrogens is 1. The summed E-state index contributed by atoms with van der Waals surface area (Å²) in [6, 6.07) is 10.9. The number of fused-ring (bicyclic) bond motifs is 1. The fraction of sp³-hybridized carbons (Fsp3) is 0.421. The van der Waals surface area contributed by atoms with Crippen LogP contribution in [-0.2, 0) is 6.54 Å². The number of piperidine rings is 1. The van der Waals surface area contributed by atoms with Crippen LogP contribution in [0.4, 0.5) is 0 Å². The Morgan fingerprint density at radius 3 is 2.72 bits per heavy atom. The van der Waals surface area contributed by atoms with E-state index in [-0.39, 0.29) is 0 Å². The maximum Gasteiger partial charge on any atom is 0.104 e. The van der Waals surface area contributed by atoms with E-state index in [1.165, 1.54) is 12.8 Å². The summed E-state index contributed by atoms with van der Waals surface area (Å²) in [5, 5.41) is 12.3. The molecule has 25 heavy (non-hydrogen) atoms. The summed E-state index contributed by atoms with van der Waals surface area (Å²) < 4.78 is 0. The van der Waals surface area contributed by atoms with Gasteiger partial charge in [-0.25, -0.2) is 4.98 Å². The molecule has 0 atom stereocenters. The fourth-order valence-electron chi connectivity index (χ4n) is 3.53. The molecule has 0 amide bonds. The standard InChI is InChI=1S/C19H24N6/c1-13-21-18-5-3-14(11-19(18)22-13)17-6-4-15(23-24-17)12-25(2)16-7-9-20-10-8-16/h3-6,11,16,20H,7-10,12H2,1-2H3,(H,21,22). The van der Waals surface area contributed by atoms with Gasteiger partial charge in [0.05, 0.1) is 22.4 Å². The molecule has 0 aliphatic carbocycles. The van der Waals surface area contributed by atoms with Crippen LogP contribution >= 0.6 is 0 Å². The number of hydrogen-bond acceptors (Lipinski definition) is 5. The monoisotopic (exact) mass is 336 g/mol. The summed E-state index contributed by atoms with van der Waals surface area (Å²) in [6.07, 6.45) is 2.40. The van der Waals surface area contributed by atoms with Crippen molar-refractivity contribution in [3.05, 3.63) is 41.9 Å². The Kier molecular flexibility index (Phi) is 4.46. The molecule has 1 aromatic carbocycles. The first-order valence-corrected chi connectivity index (χ1v) is 8.89. The van der Waals surface area contributed by atoms with Crippen molar-refractivity contribution in [2.24, 2.45) is 0 Å². The number of nitrogens with zero attached hydrogens (tertiary/aromatic N) is 4. The van der Waals surface area contributed by atoms with Crippen LogP contribution in [0.25, 0.3) is 22.3 Å². The van der Waals surface area contributed by atoms with Crippen molar-refractivity contribution >= 4 is 11.0 Å². The predicted molar refractivity (Wildman–Crippen MR) is 99.2 cm³/mol. The van der Waals surface area contributed by atoms with Crippen LogP contribution in [0.3, 0.4) is 0 Å². The zero-order valence-corrected chi connectivity index (χ0v) is 14.8. The quantitative estimate of drug-likeness (QED) is 0.766. The Balaban J connectivity index is 1.48. The van der Waals surface area contributed by atoms with Gasteiger partial charge in [0, 0.05) is 18.2 Å². The third kappa shape index (κ3) is 3.55. The molecule has 6 heteroatoms. The minimum atomic E-state index is 0.633. The highest BCUT2D eigenvalue weighted by molar-refractivity contribution is 5.81. The van der Waals surface area contributed by atoms with Gasteiger partial charge in [-0.05, 0) is 64.2 Å². The van der Waals surface area contributed by atoms with Crippen LogP contribution in [0, 0.1) is 6.92 Å². The van der Waals surface area contributed by atoms with Crippen LogP contribution in [0.5, 0.6) is 0 Å². The Morgan fingerprint density at radius 1 is 1.12 bits per heavy atom. The summed E-state index contributed by atoms with van der Waals surface area (Å²) in [5.74, 6) is 0.925. The molecule has 1 fully saturated rings. The molecule has 0 bridgehead atoms. The number of aromatic nitrogens is 4. The maximum atomic E-state index is 4.44. The van der Waals surface area contributed by atoms with Crippen LogP contribution in [0.1, 0.15) is 24.4 Å². The molecule has 1 aliphatic rings. The van der Waals surface area contributed by atoms with E-state index in [4.69, 9.17) is 0 Å². The van der Waals surface area contributed by atoms with E-state index in [9.17, 15) is 0 Å². The van der Waals surface area contributed by atoms with Gasteiger partial charge < -0.3 is 10.3 Å². The molecule has 0 radical (unpaired) electrons. The van der Waals surface area contributed by atoms with Crippen molar-refractivity contribution < 1.29 is 0 Å². The van der Waals surface area contributed by atoms with Crippen molar-refractivity contribution in [3.63, 3.8) is 0 Å². The summed E-state index contributed by atoms with van der Waals surface area (Å²) in [4.78, 5) is 10.1. The van der Waals surface area contributed by atoms with Gasteiger partial charge in [-0.2, -0.15) is 10.2 Å². The smallest absolute Gasteiger partial charge is 0.104 e. The molecule has 2 N–H and O–H groups in total. The van der Waals surface area contributed by atoms with Crippen molar-refractivity contribution in [2.45, 2.75) is 32.4 Å². The van der Waals surface area contributed by atoms with Crippen molar-refractivity contribution in [1.82, 2.24) is 30.4 Å². The van der Waals surface area contributed by atoms with E-state index < -0.39 is 0 Å². The van der Waals surface area contributed by atoms with Gasteiger partial charge in [0.1, 0.15) is 5.82 Å². The molecule has 6 nitrogen and oxygen atoms in total. The Hall–Kier alpha value is -2.31. The highest BCUT2D eigenvalue weighted by Gasteiger charge is 2.18. The Bertz CT molecular complexity index is 848. The first-order chi connectivity index (χ1) is 12.2. The average molecular weight is 336 g/mol. The van der Waals surface area contributed by atoms with Crippen molar-refractivity contribution in [1.29, 1.82) is 0 Å². The lowest BCUT2D eigenvalue weighted by atomic mass is 10.1. The zero-order valence-electron chi connectivity index (χ0n) is 14.8. The number of imidazole rings is 1. The first-order valence-electron chi connectivity index (χ1n) is 8.89. The molecule has 0 unspecified atom stereocenters. The fourth-order valence-corrected chi connectivity index (χ4v) is 3.53. The summed E-state index contributed by atoms with van der Waals surface area (Å²) >= 11 is 0. The highest BCUT2D eigenvalue weighted by Crippen LogP contribution is 2.22. The minimum Gasteiger partial charge on any atom is -0.342 e. The van der Waals surface area contributed by atoms with E-state index in [1.807, 2.05) is 19.1 Å². The molecule has 0 saturated carbocycles. The van der Waals surface area contributed by atoms with Gasteiger partial charge in [0.25, 0.3) is 0 Å². The van der Waals surface area contributed by atoms with Crippen LogP contribution < -0.4 is 5.32 Å². The van der Waals surface area contributed by atoms with Gasteiger partial charge in [0.15, 0.2) is 0 Å². The predicted octanol–water partition coefficient (Wildman–Crippen LogP) is 2.51. The van der Waals surface area contributed by atoms with E-state index >= 15 is 0 Å². The molecule has 1 saturated heterocycles. The summed E-state index contributed by atoms with van der Waals surface area (Å²) in [5.41, 5.74) is 4.98. The Labute approximate surface area is 147 Å². The molecule has 1 aliphatic heterocycles. The number of nitrogens with one attached hydrogen (secondary N) is 2. The second kappa shape index (κ2) is 6.90. The molecule has 2 aromatic heterocycles. The van der Waals surface area contributed by atoms with Crippen LogP contribution in [0.2, 0.25) is 0 Å². The van der Waals surface area contributed by atoms with Gasteiger partial charge in [-0.15, -0.1) is 0 Å². The normalized spacial score (nSPS) is 16.0. The summed E-state index contributed by atoms with van der Waals surface area (Å²) in [7, 11) is 2.18.